The van der Waals surface area contributed by atoms with Crippen LogP contribution < -0.4 is 4.72 Å². The van der Waals surface area contributed by atoms with E-state index >= 15 is 0 Å². The highest BCUT2D eigenvalue weighted by Crippen LogP contribution is 2.08. The van der Waals surface area contributed by atoms with Gasteiger partial charge >= 0.3 is 0 Å². The van der Waals surface area contributed by atoms with Gasteiger partial charge in [-0.15, -0.1) is 0 Å². The van der Waals surface area contributed by atoms with Crippen molar-refractivity contribution in [3.8, 4) is 0 Å². The summed E-state index contributed by atoms with van der Waals surface area (Å²) in [6.07, 6.45) is 1.37. The molecule has 1 atom stereocenters. The second-order valence-electron chi connectivity index (χ2n) is 3.81. The highest BCUT2D eigenvalue weighted by molar-refractivity contribution is 7.89. The highest BCUT2D eigenvalue weighted by atomic mass is 32.2. The third-order valence-corrected chi connectivity index (χ3v) is 3.83. The van der Waals surface area contributed by atoms with Crippen molar-refractivity contribution >= 4 is 10.0 Å². The minimum Gasteiger partial charge on any atom is -0.380 e. The smallest absolute Gasteiger partial charge is 0.259 e. The van der Waals surface area contributed by atoms with Gasteiger partial charge < -0.3 is 9.30 Å². The van der Waals surface area contributed by atoms with Crippen LogP contribution >= 0.6 is 0 Å². The van der Waals surface area contributed by atoms with Crippen LogP contribution in [-0.4, -0.2) is 37.7 Å². The summed E-state index contributed by atoms with van der Waals surface area (Å²) in [7, 11) is -2.00. The molecular formula is C10H19N3O3S. The Labute approximate surface area is 102 Å². The summed E-state index contributed by atoms with van der Waals surface area (Å²) in [6, 6.07) is 0. The van der Waals surface area contributed by atoms with Crippen molar-refractivity contribution in [3.05, 3.63) is 12.0 Å². The monoisotopic (exact) mass is 261 g/mol. The predicted molar refractivity (Wildman–Crippen MR) is 64.3 cm³/mol. The first-order chi connectivity index (χ1) is 7.90. The molecule has 1 unspecified atom stereocenters. The SMILES string of the molecule is CCn1cc(S(=O)(=O)NCC(C)OC)nc1C. The zero-order valence-corrected chi connectivity index (χ0v) is 11.4. The lowest BCUT2D eigenvalue weighted by molar-refractivity contribution is 0.122. The van der Waals surface area contributed by atoms with Crippen LogP contribution in [0.2, 0.25) is 0 Å². The molecule has 6 nitrogen and oxygen atoms in total. The fraction of sp³-hybridized carbons (Fsp3) is 0.700. The number of hydrogen-bond acceptors (Lipinski definition) is 4. The van der Waals surface area contributed by atoms with Gasteiger partial charge in [-0.2, -0.15) is 0 Å². The molecule has 0 aliphatic carbocycles. The van der Waals surface area contributed by atoms with E-state index in [1.165, 1.54) is 13.3 Å². The Morgan fingerprint density at radius 2 is 2.24 bits per heavy atom. The Bertz CT molecular complexity index is 467. The Balaban J connectivity index is 2.82. The van der Waals surface area contributed by atoms with Crippen molar-refractivity contribution < 1.29 is 13.2 Å². The van der Waals surface area contributed by atoms with E-state index in [4.69, 9.17) is 4.74 Å². The lowest BCUT2D eigenvalue weighted by Gasteiger charge is -2.09. The average molecular weight is 261 g/mol. The third kappa shape index (κ3) is 3.52. The number of nitrogens with one attached hydrogen (secondary N) is 1. The van der Waals surface area contributed by atoms with Gasteiger partial charge in [0.15, 0.2) is 5.03 Å². The van der Waals surface area contributed by atoms with Gasteiger partial charge in [-0.3, -0.25) is 0 Å². The molecule has 0 radical (unpaired) electrons. The first kappa shape index (κ1) is 14.1. The average Bonchev–Trinajstić information content (AvgIpc) is 2.68. The Hall–Kier alpha value is -0.920. The van der Waals surface area contributed by atoms with Crippen LogP contribution in [0.4, 0.5) is 0 Å². The van der Waals surface area contributed by atoms with Crippen molar-refractivity contribution in [2.24, 2.45) is 0 Å². The fourth-order valence-corrected chi connectivity index (χ4v) is 2.43. The van der Waals surface area contributed by atoms with Crippen LogP contribution in [0.25, 0.3) is 0 Å². The maximum absolute atomic E-state index is 11.9. The first-order valence-electron chi connectivity index (χ1n) is 5.47. The van der Waals surface area contributed by atoms with Crippen molar-refractivity contribution in [1.29, 1.82) is 0 Å². The van der Waals surface area contributed by atoms with E-state index in [0.29, 0.717) is 12.4 Å². The summed E-state index contributed by atoms with van der Waals surface area (Å²) < 4.78 is 33.0. The molecule has 0 aliphatic rings. The molecule has 1 aromatic heterocycles. The molecule has 0 spiro atoms. The predicted octanol–water partition coefficient (Wildman–Crippen LogP) is 0.525. The topological polar surface area (TPSA) is 73.2 Å². The second kappa shape index (κ2) is 5.61. The van der Waals surface area contributed by atoms with Crippen molar-refractivity contribution in [3.63, 3.8) is 0 Å². The summed E-state index contributed by atoms with van der Waals surface area (Å²) in [5, 5.41) is 0.0557. The molecule has 0 aliphatic heterocycles. The lowest BCUT2D eigenvalue weighted by atomic mass is 10.4. The maximum atomic E-state index is 11.9. The first-order valence-corrected chi connectivity index (χ1v) is 6.95. The quantitative estimate of drug-likeness (QED) is 0.810. The van der Waals surface area contributed by atoms with Gasteiger partial charge in [0.1, 0.15) is 5.82 Å². The van der Waals surface area contributed by atoms with Gasteiger partial charge in [-0.1, -0.05) is 0 Å². The summed E-state index contributed by atoms with van der Waals surface area (Å²) in [5.74, 6) is 0.688. The molecule has 0 aromatic carbocycles. The third-order valence-electron chi connectivity index (χ3n) is 2.53. The molecule has 1 rings (SSSR count). The van der Waals surface area contributed by atoms with Crippen molar-refractivity contribution in [2.75, 3.05) is 13.7 Å². The molecular weight excluding hydrogens is 242 g/mol. The van der Waals surface area contributed by atoms with E-state index in [-0.39, 0.29) is 17.7 Å². The molecule has 1 aromatic rings. The minimum atomic E-state index is -3.54. The van der Waals surface area contributed by atoms with Crippen LogP contribution in [0.1, 0.15) is 19.7 Å². The van der Waals surface area contributed by atoms with Gasteiger partial charge in [0.25, 0.3) is 10.0 Å². The van der Waals surface area contributed by atoms with E-state index in [0.717, 1.165) is 0 Å². The number of sulfonamides is 1. The number of rotatable bonds is 6. The molecule has 1 heterocycles. The minimum absolute atomic E-state index is 0.0557. The van der Waals surface area contributed by atoms with Crippen LogP contribution in [0, 0.1) is 6.92 Å². The molecule has 98 valence electrons. The molecule has 0 saturated heterocycles. The molecule has 7 heteroatoms. The zero-order chi connectivity index (χ0) is 13.1. The Morgan fingerprint density at radius 1 is 1.59 bits per heavy atom. The van der Waals surface area contributed by atoms with E-state index < -0.39 is 10.0 Å². The summed E-state index contributed by atoms with van der Waals surface area (Å²) in [5.41, 5.74) is 0. The molecule has 0 bridgehead atoms. The normalized spacial score (nSPS) is 13.9. The molecule has 0 fully saturated rings. The fourth-order valence-electron chi connectivity index (χ4n) is 1.31. The Kier molecular flexibility index (Phi) is 4.67. The van der Waals surface area contributed by atoms with Crippen molar-refractivity contribution in [1.82, 2.24) is 14.3 Å². The van der Waals surface area contributed by atoms with Crippen LogP contribution in [0.15, 0.2) is 11.2 Å². The van der Waals surface area contributed by atoms with Gasteiger partial charge in [0, 0.05) is 26.4 Å². The van der Waals surface area contributed by atoms with E-state index in [1.807, 2.05) is 6.92 Å². The summed E-state index contributed by atoms with van der Waals surface area (Å²) >= 11 is 0. The van der Waals surface area contributed by atoms with Gasteiger partial charge in [0.05, 0.1) is 6.10 Å². The van der Waals surface area contributed by atoms with Crippen molar-refractivity contribution in [2.45, 2.75) is 38.4 Å². The van der Waals surface area contributed by atoms with Gasteiger partial charge in [-0.25, -0.2) is 18.1 Å². The highest BCUT2D eigenvalue weighted by Gasteiger charge is 2.19. The van der Waals surface area contributed by atoms with Crippen LogP contribution in [-0.2, 0) is 21.3 Å². The molecule has 1 N–H and O–H groups in total. The number of nitrogens with zero attached hydrogens (tertiary/aromatic N) is 2. The van der Waals surface area contributed by atoms with E-state index in [9.17, 15) is 8.42 Å². The maximum Gasteiger partial charge on any atom is 0.259 e. The van der Waals surface area contributed by atoms with Crippen LogP contribution in [0.5, 0.6) is 0 Å². The van der Waals surface area contributed by atoms with E-state index in [1.54, 1.807) is 18.4 Å². The number of hydrogen-bond donors (Lipinski definition) is 1. The largest absolute Gasteiger partial charge is 0.380 e. The zero-order valence-electron chi connectivity index (χ0n) is 10.6. The lowest BCUT2D eigenvalue weighted by Crippen LogP contribution is -2.31. The molecule has 0 saturated carbocycles. The number of imidazole rings is 1. The van der Waals surface area contributed by atoms with Gasteiger partial charge in [-0.05, 0) is 20.8 Å². The number of methoxy groups -OCH3 is 1. The summed E-state index contributed by atoms with van der Waals surface area (Å²) in [4.78, 5) is 4.03. The molecule has 17 heavy (non-hydrogen) atoms. The number of aryl methyl sites for hydroxylation is 2. The number of ether oxygens (including phenoxy) is 1. The standard InChI is InChI=1S/C10H19N3O3S/c1-5-13-7-10(12-9(13)3)17(14,15)11-6-8(2)16-4/h7-8,11H,5-6H2,1-4H3. The molecule has 0 amide bonds. The number of aromatic nitrogens is 2. The Morgan fingerprint density at radius 3 is 2.71 bits per heavy atom. The van der Waals surface area contributed by atoms with E-state index in [2.05, 4.69) is 9.71 Å². The van der Waals surface area contributed by atoms with Gasteiger partial charge in [0.2, 0.25) is 0 Å². The van der Waals surface area contributed by atoms with Crippen LogP contribution in [0.3, 0.4) is 0 Å². The second-order valence-corrected chi connectivity index (χ2v) is 5.52. The summed E-state index contributed by atoms with van der Waals surface area (Å²) in [6.45, 7) is 6.43.